The van der Waals surface area contributed by atoms with Crippen molar-refractivity contribution in [3.05, 3.63) is 59.7 Å². The van der Waals surface area contributed by atoms with E-state index in [0.29, 0.717) is 5.75 Å². The van der Waals surface area contributed by atoms with E-state index in [0.717, 1.165) is 18.5 Å². The summed E-state index contributed by atoms with van der Waals surface area (Å²) in [6, 6.07) is 15.6. The van der Waals surface area contributed by atoms with E-state index < -0.39 is 0 Å². The number of aromatic hydroxyl groups is 1. The molecule has 0 aromatic heterocycles. The second-order valence-electron chi connectivity index (χ2n) is 4.03. The average molecular weight is 227 g/mol. The summed E-state index contributed by atoms with van der Waals surface area (Å²) in [5.74, 6) is 0.308. The Balaban J connectivity index is 2.04. The highest BCUT2D eigenvalue weighted by Gasteiger charge is 1.99. The van der Waals surface area contributed by atoms with Crippen molar-refractivity contribution in [1.82, 2.24) is 0 Å². The zero-order chi connectivity index (χ0) is 12.1. The third kappa shape index (κ3) is 3.00. The predicted octanol–water partition coefficient (Wildman–Crippen LogP) is 3.57. The second-order valence-corrected chi connectivity index (χ2v) is 4.03. The first-order valence-electron chi connectivity index (χ1n) is 5.89. The number of aryl methyl sites for hydroxylation is 1. The van der Waals surface area contributed by atoms with Gasteiger partial charge in [-0.1, -0.05) is 37.3 Å². The molecule has 0 saturated carbocycles. The lowest BCUT2D eigenvalue weighted by Gasteiger charge is -2.10. The molecule has 0 atom stereocenters. The van der Waals surface area contributed by atoms with E-state index in [9.17, 15) is 5.11 Å². The number of rotatable bonds is 4. The summed E-state index contributed by atoms with van der Waals surface area (Å²) in [4.78, 5) is 0. The van der Waals surface area contributed by atoms with Crippen LogP contribution in [0.2, 0.25) is 0 Å². The minimum atomic E-state index is 0.308. The monoisotopic (exact) mass is 227 g/mol. The maximum atomic E-state index is 9.20. The Morgan fingerprint density at radius 1 is 1.00 bits per heavy atom. The Kier molecular flexibility index (Phi) is 3.66. The smallest absolute Gasteiger partial charge is 0.115 e. The Morgan fingerprint density at radius 3 is 2.41 bits per heavy atom. The Bertz CT molecular complexity index is 477. The Hall–Kier alpha value is -1.96. The van der Waals surface area contributed by atoms with Gasteiger partial charge in [0.1, 0.15) is 5.75 Å². The molecular formula is C15H17NO. The first kappa shape index (κ1) is 11.5. The molecule has 0 aliphatic rings. The van der Waals surface area contributed by atoms with Gasteiger partial charge in [0.2, 0.25) is 0 Å². The van der Waals surface area contributed by atoms with Crippen LogP contribution in [-0.4, -0.2) is 5.11 Å². The highest BCUT2D eigenvalue weighted by atomic mass is 16.3. The molecule has 2 aromatic carbocycles. The SMILES string of the molecule is CCc1ccccc1NCc1ccc(O)cc1. The molecule has 0 amide bonds. The molecule has 2 nitrogen and oxygen atoms in total. The third-order valence-electron chi connectivity index (χ3n) is 2.82. The molecule has 2 N–H and O–H groups in total. The molecule has 0 spiro atoms. The summed E-state index contributed by atoms with van der Waals surface area (Å²) in [7, 11) is 0. The van der Waals surface area contributed by atoms with E-state index >= 15 is 0 Å². The zero-order valence-electron chi connectivity index (χ0n) is 9.98. The van der Waals surface area contributed by atoms with Gasteiger partial charge in [-0.2, -0.15) is 0 Å². The molecule has 0 aliphatic heterocycles. The van der Waals surface area contributed by atoms with E-state index in [-0.39, 0.29) is 0 Å². The topological polar surface area (TPSA) is 32.3 Å². The lowest BCUT2D eigenvalue weighted by molar-refractivity contribution is 0.475. The van der Waals surface area contributed by atoms with Gasteiger partial charge in [-0.25, -0.2) is 0 Å². The molecular weight excluding hydrogens is 210 g/mol. The standard InChI is InChI=1S/C15H17NO/c1-2-13-5-3-4-6-15(13)16-11-12-7-9-14(17)10-8-12/h3-10,16-17H,2,11H2,1H3. The van der Waals surface area contributed by atoms with Crippen molar-refractivity contribution >= 4 is 5.69 Å². The van der Waals surface area contributed by atoms with Crippen molar-refractivity contribution in [1.29, 1.82) is 0 Å². The molecule has 88 valence electrons. The maximum absolute atomic E-state index is 9.20. The summed E-state index contributed by atoms with van der Waals surface area (Å²) >= 11 is 0. The summed E-state index contributed by atoms with van der Waals surface area (Å²) in [6.07, 6.45) is 1.03. The zero-order valence-corrected chi connectivity index (χ0v) is 9.98. The number of anilines is 1. The van der Waals surface area contributed by atoms with Gasteiger partial charge in [-0.05, 0) is 35.7 Å². The van der Waals surface area contributed by atoms with Crippen LogP contribution in [0.4, 0.5) is 5.69 Å². The fourth-order valence-electron chi connectivity index (χ4n) is 1.81. The fourth-order valence-corrected chi connectivity index (χ4v) is 1.81. The summed E-state index contributed by atoms with van der Waals surface area (Å²) in [6.45, 7) is 2.93. The van der Waals surface area contributed by atoms with Crippen LogP contribution in [0, 0.1) is 0 Å². The number of phenols is 1. The Morgan fingerprint density at radius 2 is 1.71 bits per heavy atom. The van der Waals surface area contributed by atoms with Crippen LogP contribution in [0.3, 0.4) is 0 Å². The molecule has 0 bridgehead atoms. The number of phenolic OH excluding ortho intramolecular Hbond substituents is 1. The molecule has 0 saturated heterocycles. The highest BCUT2D eigenvalue weighted by Crippen LogP contribution is 2.17. The summed E-state index contributed by atoms with van der Waals surface area (Å²) in [5.41, 5.74) is 3.67. The van der Waals surface area contributed by atoms with Crippen molar-refractivity contribution in [3.8, 4) is 5.75 Å². The van der Waals surface area contributed by atoms with Crippen LogP contribution in [-0.2, 0) is 13.0 Å². The van der Waals surface area contributed by atoms with E-state index in [4.69, 9.17) is 0 Å². The van der Waals surface area contributed by atoms with Crippen LogP contribution in [0.1, 0.15) is 18.1 Å². The number of nitrogens with one attached hydrogen (secondary N) is 1. The van der Waals surface area contributed by atoms with Gasteiger partial charge in [0.25, 0.3) is 0 Å². The summed E-state index contributed by atoms with van der Waals surface area (Å²) in [5, 5.41) is 12.6. The van der Waals surface area contributed by atoms with Crippen LogP contribution in [0.15, 0.2) is 48.5 Å². The van der Waals surface area contributed by atoms with Gasteiger partial charge < -0.3 is 10.4 Å². The van der Waals surface area contributed by atoms with Crippen LogP contribution < -0.4 is 5.32 Å². The molecule has 17 heavy (non-hydrogen) atoms. The van der Waals surface area contributed by atoms with Gasteiger partial charge in [-0.3, -0.25) is 0 Å². The molecule has 0 heterocycles. The van der Waals surface area contributed by atoms with Crippen LogP contribution in [0.5, 0.6) is 5.75 Å². The van der Waals surface area contributed by atoms with Crippen LogP contribution >= 0.6 is 0 Å². The number of hydrogen-bond acceptors (Lipinski definition) is 2. The minimum absolute atomic E-state index is 0.308. The van der Waals surface area contributed by atoms with Gasteiger partial charge in [0.15, 0.2) is 0 Å². The largest absolute Gasteiger partial charge is 0.508 e. The van der Waals surface area contributed by atoms with Crippen molar-refractivity contribution in [2.24, 2.45) is 0 Å². The second kappa shape index (κ2) is 5.39. The van der Waals surface area contributed by atoms with E-state index in [1.807, 2.05) is 18.2 Å². The summed E-state index contributed by atoms with van der Waals surface area (Å²) < 4.78 is 0. The first-order chi connectivity index (χ1) is 8.29. The molecule has 0 fully saturated rings. The van der Waals surface area contributed by atoms with Crippen molar-refractivity contribution in [3.63, 3.8) is 0 Å². The van der Waals surface area contributed by atoms with Crippen LogP contribution in [0.25, 0.3) is 0 Å². The van der Waals surface area contributed by atoms with Gasteiger partial charge in [0, 0.05) is 12.2 Å². The lowest BCUT2D eigenvalue weighted by Crippen LogP contribution is -2.01. The third-order valence-corrected chi connectivity index (χ3v) is 2.82. The van der Waals surface area contributed by atoms with E-state index in [1.54, 1.807) is 12.1 Å². The molecule has 0 unspecified atom stereocenters. The maximum Gasteiger partial charge on any atom is 0.115 e. The van der Waals surface area contributed by atoms with Gasteiger partial charge in [-0.15, -0.1) is 0 Å². The van der Waals surface area contributed by atoms with Crippen molar-refractivity contribution in [2.75, 3.05) is 5.32 Å². The van der Waals surface area contributed by atoms with Crippen molar-refractivity contribution < 1.29 is 5.11 Å². The van der Waals surface area contributed by atoms with Gasteiger partial charge >= 0.3 is 0 Å². The number of hydrogen-bond donors (Lipinski definition) is 2. The normalized spacial score (nSPS) is 10.2. The Labute approximate surface area is 102 Å². The quantitative estimate of drug-likeness (QED) is 0.837. The molecule has 0 radical (unpaired) electrons. The van der Waals surface area contributed by atoms with Crippen molar-refractivity contribution in [2.45, 2.75) is 19.9 Å². The predicted molar refractivity (Wildman–Crippen MR) is 71.3 cm³/mol. The lowest BCUT2D eigenvalue weighted by atomic mass is 10.1. The highest BCUT2D eigenvalue weighted by molar-refractivity contribution is 5.51. The molecule has 0 aliphatic carbocycles. The fraction of sp³-hybridized carbons (Fsp3) is 0.200. The van der Waals surface area contributed by atoms with E-state index in [1.165, 1.54) is 11.3 Å². The average Bonchev–Trinajstić information content (AvgIpc) is 2.38. The first-order valence-corrected chi connectivity index (χ1v) is 5.89. The number of benzene rings is 2. The van der Waals surface area contributed by atoms with Gasteiger partial charge in [0.05, 0.1) is 0 Å². The molecule has 2 aromatic rings. The number of para-hydroxylation sites is 1. The minimum Gasteiger partial charge on any atom is -0.508 e. The van der Waals surface area contributed by atoms with E-state index in [2.05, 4.69) is 30.4 Å². The molecule has 2 rings (SSSR count). The molecule has 2 heteroatoms.